The molecular formula is C16H33N5. The maximum atomic E-state index is 4.75. The molecule has 1 saturated heterocycles. The molecule has 1 aliphatic heterocycles. The maximum Gasteiger partial charge on any atom is 0.191 e. The van der Waals surface area contributed by atoms with Gasteiger partial charge in [0.25, 0.3) is 0 Å². The lowest BCUT2D eigenvalue weighted by Gasteiger charge is -2.35. The lowest BCUT2D eigenvalue weighted by molar-refractivity contribution is 0.125. The van der Waals surface area contributed by atoms with E-state index in [-0.39, 0.29) is 0 Å². The third kappa shape index (κ3) is 6.22. The Morgan fingerprint density at radius 3 is 2.38 bits per heavy atom. The van der Waals surface area contributed by atoms with Crippen LogP contribution < -0.4 is 10.6 Å². The first kappa shape index (κ1) is 16.6. The van der Waals surface area contributed by atoms with Gasteiger partial charge in [0.1, 0.15) is 0 Å². The molecule has 21 heavy (non-hydrogen) atoms. The SMILES string of the molecule is CCNC(=NCC(C)CN1CCN(CC)CC1)NC1CC1. The summed E-state index contributed by atoms with van der Waals surface area (Å²) in [6.07, 6.45) is 2.59. The number of nitrogens with zero attached hydrogens (tertiary/aromatic N) is 3. The molecule has 5 heteroatoms. The fraction of sp³-hybridized carbons (Fsp3) is 0.938. The van der Waals surface area contributed by atoms with Gasteiger partial charge in [0.2, 0.25) is 0 Å². The van der Waals surface area contributed by atoms with Gasteiger partial charge in [-0.2, -0.15) is 0 Å². The fourth-order valence-electron chi connectivity index (χ4n) is 2.77. The minimum Gasteiger partial charge on any atom is -0.357 e. The smallest absolute Gasteiger partial charge is 0.191 e. The molecular weight excluding hydrogens is 262 g/mol. The van der Waals surface area contributed by atoms with Crippen LogP contribution in [0.3, 0.4) is 0 Å². The Hall–Kier alpha value is -0.810. The fourth-order valence-corrected chi connectivity index (χ4v) is 2.77. The van der Waals surface area contributed by atoms with Gasteiger partial charge in [-0.05, 0) is 32.2 Å². The summed E-state index contributed by atoms with van der Waals surface area (Å²) < 4.78 is 0. The van der Waals surface area contributed by atoms with E-state index in [4.69, 9.17) is 4.99 Å². The maximum absolute atomic E-state index is 4.75. The number of guanidine groups is 1. The van der Waals surface area contributed by atoms with Crippen LogP contribution in [0.5, 0.6) is 0 Å². The van der Waals surface area contributed by atoms with E-state index in [0.29, 0.717) is 12.0 Å². The van der Waals surface area contributed by atoms with E-state index in [0.717, 1.165) is 19.0 Å². The molecule has 2 fully saturated rings. The summed E-state index contributed by atoms with van der Waals surface area (Å²) in [5.74, 6) is 1.62. The molecule has 1 atom stereocenters. The second-order valence-electron chi connectivity index (χ2n) is 6.48. The largest absolute Gasteiger partial charge is 0.357 e. The molecule has 122 valence electrons. The molecule has 2 N–H and O–H groups in total. The summed E-state index contributed by atoms with van der Waals surface area (Å²) in [4.78, 5) is 9.87. The number of piperazine rings is 1. The molecule has 2 aliphatic rings. The highest BCUT2D eigenvalue weighted by Crippen LogP contribution is 2.18. The third-order valence-electron chi connectivity index (χ3n) is 4.31. The Bertz CT molecular complexity index is 319. The highest BCUT2D eigenvalue weighted by Gasteiger charge is 2.22. The normalized spacial score (nSPS) is 23.1. The lowest BCUT2D eigenvalue weighted by Crippen LogP contribution is -2.47. The minimum absolute atomic E-state index is 0.618. The first-order chi connectivity index (χ1) is 10.2. The van der Waals surface area contributed by atoms with E-state index in [9.17, 15) is 0 Å². The van der Waals surface area contributed by atoms with Crippen molar-refractivity contribution in [1.29, 1.82) is 0 Å². The minimum atomic E-state index is 0.618. The van der Waals surface area contributed by atoms with E-state index >= 15 is 0 Å². The number of nitrogens with one attached hydrogen (secondary N) is 2. The second-order valence-corrected chi connectivity index (χ2v) is 6.48. The zero-order valence-corrected chi connectivity index (χ0v) is 14.1. The molecule has 2 rings (SSSR count). The number of hydrogen-bond acceptors (Lipinski definition) is 3. The highest BCUT2D eigenvalue weighted by molar-refractivity contribution is 5.80. The van der Waals surface area contributed by atoms with E-state index < -0.39 is 0 Å². The van der Waals surface area contributed by atoms with Gasteiger partial charge in [0.15, 0.2) is 5.96 Å². The van der Waals surface area contributed by atoms with E-state index in [1.165, 1.54) is 52.1 Å². The lowest BCUT2D eigenvalue weighted by atomic mass is 10.1. The molecule has 0 aromatic rings. The molecule has 1 heterocycles. The van der Waals surface area contributed by atoms with Crippen molar-refractivity contribution < 1.29 is 0 Å². The van der Waals surface area contributed by atoms with Gasteiger partial charge in [-0.15, -0.1) is 0 Å². The number of aliphatic imine (C=N–C) groups is 1. The van der Waals surface area contributed by atoms with Gasteiger partial charge >= 0.3 is 0 Å². The number of rotatable bonds is 7. The summed E-state index contributed by atoms with van der Waals surface area (Å²) in [7, 11) is 0. The predicted octanol–water partition coefficient (Wildman–Crippen LogP) is 0.978. The van der Waals surface area contributed by atoms with Crippen LogP contribution in [-0.2, 0) is 0 Å². The summed E-state index contributed by atoms with van der Waals surface area (Å²) in [5, 5.41) is 6.83. The van der Waals surface area contributed by atoms with Crippen molar-refractivity contribution in [1.82, 2.24) is 20.4 Å². The Kier molecular flexibility index (Phi) is 6.77. The van der Waals surface area contributed by atoms with Gasteiger partial charge in [-0.25, -0.2) is 0 Å². The Morgan fingerprint density at radius 2 is 1.81 bits per heavy atom. The molecule has 1 saturated carbocycles. The van der Waals surface area contributed by atoms with Crippen LogP contribution in [0.15, 0.2) is 4.99 Å². The van der Waals surface area contributed by atoms with E-state index in [2.05, 4.69) is 41.2 Å². The van der Waals surface area contributed by atoms with Crippen molar-refractivity contribution in [3.63, 3.8) is 0 Å². The summed E-state index contributed by atoms with van der Waals surface area (Å²) in [5.41, 5.74) is 0. The van der Waals surface area contributed by atoms with Crippen molar-refractivity contribution in [2.75, 3.05) is 52.4 Å². The zero-order valence-electron chi connectivity index (χ0n) is 14.1. The second kappa shape index (κ2) is 8.59. The van der Waals surface area contributed by atoms with Crippen LogP contribution in [0.25, 0.3) is 0 Å². The van der Waals surface area contributed by atoms with Crippen molar-refractivity contribution in [2.45, 2.75) is 39.7 Å². The van der Waals surface area contributed by atoms with E-state index in [1.54, 1.807) is 0 Å². The summed E-state index contributed by atoms with van der Waals surface area (Å²) >= 11 is 0. The van der Waals surface area contributed by atoms with Gasteiger partial charge in [0.05, 0.1) is 0 Å². The Labute approximate surface area is 130 Å². The molecule has 5 nitrogen and oxygen atoms in total. The quantitative estimate of drug-likeness (QED) is 0.543. The average Bonchev–Trinajstić information content (AvgIpc) is 3.30. The molecule has 1 aliphatic carbocycles. The van der Waals surface area contributed by atoms with Crippen molar-refractivity contribution in [3.8, 4) is 0 Å². The molecule has 0 aromatic carbocycles. The topological polar surface area (TPSA) is 42.9 Å². The van der Waals surface area contributed by atoms with Crippen molar-refractivity contribution in [2.24, 2.45) is 10.9 Å². The van der Waals surface area contributed by atoms with Crippen molar-refractivity contribution >= 4 is 5.96 Å². The van der Waals surface area contributed by atoms with Gasteiger partial charge in [-0.1, -0.05) is 13.8 Å². The predicted molar refractivity (Wildman–Crippen MR) is 89.9 cm³/mol. The zero-order chi connectivity index (χ0) is 15.1. The summed E-state index contributed by atoms with van der Waals surface area (Å²) in [6.45, 7) is 15.8. The van der Waals surface area contributed by atoms with Gasteiger partial charge in [-0.3, -0.25) is 4.99 Å². The molecule has 0 aromatic heterocycles. The Balaban J connectivity index is 1.68. The molecule has 0 radical (unpaired) electrons. The molecule has 0 spiro atoms. The van der Waals surface area contributed by atoms with Crippen LogP contribution in [0.2, 0.25) is 0 Å². The van der Waals surface area contributed by atoms with E-state index in [1.807, 2.05) is 0 Å². The monoisotopic (exact) mass is 295 g/mol. The standard InChI is InChI=1S/C16H33N5/c1-4-17-16(19-15-6-7-15)18-12-14(3)13-21-10-8-20(5-2)9-11-21/h14-15H,4-13H2,1-3H3,(H2,17,18,19). The first-order valence-corrected chi connectivity index (χ1v) is 8.70. The molecule has 0 amide bonds. The van der Waals surface area contributed by atoms with Crippen LogP contribution >= 0.6 is 0 Å². The van der Waals surface area contributed by atoms with Crippen LogP contribution in [0.1, 0.15) is 33.6 Å². The van der Waals surface area contributed by atoms with Crippen LogP contribution in [0.4, 0.5) is 0 Å². The number of likely N-dealkylation sites (N-methyl/N-ethyl adjacent to an activating group) is 1. The Morgan fingerprint density at radius 1 is 1.14 bits per heavy atom. The third-order valence-corrected chi connectivity index (χ3v) is 4.31. The van der Waals surface area contributed by atoms with Gasteiger partial charge < -0.3 is 20.4 Å². The average molecular weight is 295 g/mol. The highest BCUT2D eigenvalue weighted by atomic mass is 15.3. The molecule has 1 unspecified atom stereocenters. The van der Waals surface area contributed by atoms with Crippen molar-refractivity contribution in [3.05, 3.63) is 0 Å². The number of hydrogen-bond donors (Lipinski definition) is 2. The summed E-state index contributed by atoms with van der Waals surface area (Å²) in [6, 6.07) is 0.667. The molecule has 0 bridgehead atoms. The first-order valence-electron chi connectivity index (χ1n) is 8.70. The van der Waals surface area contributed by atoms with Crippen LogP contribution in [-0.4, -0.2) is 74.2 Å². The van der Waals surface area contributed by atoms with Crippen LogP contribution in [0, 0.1) is 5.92 Å². The van der Waals surface area contributed by atoms with Gasteiger partial charge in [0, 0.05) is 51.9 Å².